The van der Waals surface area contributed by atoms with E-state index in [0.29, 0.717) is 17.1 Å². The number of aliphatic carboxylic acids is 1. The van der Waals surface area contributed by atoms with Gasteiger partial charge in [-0.2, -0.15) is 0 Å². The third-order valence-electron chi connectivity index (χ3n) is 2.42. The summed E-state index contributed by atoms with van der Waals surface area (Å²) >= 11 is 0. The van der Waals surface area contributed by atoms with Crippen LogP contribution in [0.5, 0.6) is 11.5 Å². The van der Waals surface area contributed by atoms with Gasteiger partial charge in [-0.15, -0.1) is 0 Å². The average Bonchev–Trinajstić information content (AvgIpc) is 2.34. The second-order valence-electron chi connectivity index (χ2n) is 3.56. The summed E-state index contributed by atoms with van der Waals surface area (Å²) in [7, 11) is 3.03. The van der Waals surface area contributed by atoms with Crippen LogP contribution in [-0.4, -0.2) is 30.4 Å². The molecule has 0 aliphatic heterocycles. The molecule has 94 valence electrons. The van der Waals surface area contributed by atoms with Crippen molar-refractivity contribution in [3.05, 3.63) is 23.8 Å². The lowest BCUT2D eigenvalue weighted by Gasteiger charge is -2.13. The van der Waals surface area contributed by atoms with E-state index >= 15 is 0 Å². The van der Waals surface area contributed by atoms with E-state index in [1.54, 1.807) is 18.2 Å². The molecular weight excluding hydrogens is 224 g/mol. The second kappa shape index (κ2) is 6.10. The number of rotatable bonds is 6. The predicted molar refractivity (Wildman–Crippen MR) is 61.4 cm³/mol. The highest BCUT2D eigenvalue weighted by Gasteiger charge is 2.12. The predicted octanol–water partition coefficient (Wildman–Crippen LogP) is 1.60. The summed E-state index contributed by atoms with van der Waals surface area (Å²) in [5.41, 5.74) is 0.615. The van der Waals surface area contributed by atoms with Gasteiger partial charge in [0.1, 0.15) is 0 Å². The Kier molecular flexibility index (Phi) is 4.78. The highest BCUT2D eigenvalue weighted by atomic mass is 16.5. The van der Waals surface area contributed by atoms with Crippen LogP contribution in [0.15, 0.2) is 18.2 Å². The topological polar surface area (TPSA) is 76.0 Å². The molecule has 0 spiro atoms. The van der Waals surface area contributed by atoms with Crippen LogP contribution in [0.2, 0.25) is 0 Å². The van der Waals surface area contributed by atoms with Gasteiger partial charge in [0.25, 0.3) is 0 Å². The number of hydrogen-bond donors (Lipinski definition) is 2. The second-order valence-corrected chi connectivity index (χ2v) is 3.56. The fraction of sp³-hybridized carbons (Fsp3) is 0.417. The number of aliphatic hydroxyl groups excluding tert-OH is 1. The van der Waals surface area contributed by atoms with Gasteiger partial charge in [0, 0.05) is 6.42 Å². The van der Waals surface area contributed by atoms with E-state index in [1.807, 2.05) is 0 Å². The van der Waals surface area contributed by atoms with E-state index in [0.717, 1.165) is 0 Å². The van der Waals surface area contributed by atoms with Crippen molar-refractivity contribution in [1.29, 1.82) is 0 Å². The first kappa shape index (κ1) is 13.3. The van der Waals surface area contributed by atoms with Crippen molar-refractivity contribution in [1.82, 2.24) is 0 Å². The molecule has 0 amide bonds. The first-order valence-electron chi connectivity index (χ1n) is 5.20. The summed E-state index contributed by atoms with van der Waals surface area (Å²) in [6.45, 7) is 0. The Balaban J connectivity index is 2.80. The summed E-state index contributed by atoms with van der Waals surface area (Å²) in [4.78, 5) is 10.4. The number of carboxylic acid groups (broad SMARTS) is 1. The third-order valence-corrected chi connectivity index (χ3v) is 2.42. The van der Waals surface area contributed by atoms with E-state index in [4.69, 9.17) is 14.6 Å². The molecule has 0 aromatic heterocycles. The van der Waals surface area contributed by atoms with E-state index < -0.39 is 12.1 Å². The summed E-state index contributed by atoms with van der Waals surface area (Å²) in [6.07, 6.45) is -0.716. The van der Waals surface area contributed by atoms with Crippen LogP contribution in [0.4, 0.5) is 0 Å². The molecule has 1 unspecified atom stereocenters. The van der Waals surface area contributed by atoms with Crippen molar-refractivity contribution in [2.75, 3.05) is 14.2 Å². The fourth-order valence-corrected chi connectivity index (χ4v) is 1.49. The van der Waals surface area contributed by atoms with Gasteiger partial charge in [-0.05, 0) is 24.1 Å². The normalized spacial score (nSPS) is 11.9. The zero-order valence-electron chi connectivity index (χ0n) is 9.84. The molecule has 0 saturated carbocycles. The van der Waals surface area contributed by atoms with Gasteiger partial charge in [-0.1, -0.05) is 6.07 Å². The number of benzene rings is 1. The lowest BCUT2D eigenvalue weighted by Crippen LogP contribution is -2.03. The van der Waals surface area contributed by atoms with Gasteiger partial charge >= 0.3 is 5.97 Å². The van der Waals surface area contributed by atoms with Crippen LogP contribution in [-0.2, 0) is 4.79 Å². The molecule has 0 bridgehead atoms. The molecule has 1 rings (SSSR count). The first-order chi connectivity index (χ1) is 8.08. The van der Waals surface area contributed by atoms with Crippen molar-refractivity contribution in [2.45, 2.75) is 18.9 Å². The monoisotopic (exact) mass is 240 g/mol. The smallest absolute Gasteiger partial charge is 0.303 e. The van der Waals surface area contributed by atoms with Gasteiger partial charge in [-0.3, -0.25) is 4.79 Å². The molecule has 0 aliphatic carbocycles. The number of methoxy groups -OCH3 is 2. The molecule has 1 aromatic rings. The summed E-state index contributed by atoms with van der Waals surface area (Å²) in [6, 6.07) is 5.01. The molecule has 0 fully saturated rings. The Bertz CT molecular complexity index is 388. The largest absolute Gasteiger partial charge is 0.493 e. The van der Waals surface area contributed by atoms with Gasteiger partial charge in [0.15, 0.2) is 11.5 Å². The van der Waals surface area contributed by atoms with Crippen molar-refractivity contribution in [3.8, 4) is 11.5 Å². The van der Waals surface area contributed by atoms with Crippen molar-refractivity contribution >= 4 is 5.97 Å². The van der Waals surface area contributed by atoms with Crippen LogP contribution in [0.3, 0.4) is 0 Å². The summed E-state index contributed by atoms with van der Waals surface area (Å²) < 4.78 is 10.2. The first-order valence-corrected chi connectivity index (χ1v) is 5.20. The van der Waals surface area contributed by atoms with Gasteiger partial charge in [0.2, 0.25) is 0 Å². The van der Waals surface area contributed by atoms with Crippen molar-refractivity contribution in [2.24, 2.45) is 0 Å². The third kappa shape index (κ3) is 3.64. The Labute approximate surface area is 99.6 Å². The Morgan fingerprint density at radius 3 is 2.47 bits per heavy atom. The molecule has 0 radical (unpaired) electrons. The number of carbonyl (C=O) groups is 1. The zero-order valence-corrected chi connectivity index (χ0v) is 9.84. The van der Waals surface area contributed by atoms with E-state index in [1.165, 1.54) is 14.2 Å². The van der Waals surface area contributed by atoms with E-state index in [2.05, 4.69) is 0 Å². The van der Waals surface area contributed by atoms with E-state index in [9.17, 15) is 9.90 Å². The molecule has 5 heteroatoms. The number of aliphatic hydroxyl groups is 1. The molecular formula is C12H16O5. The zero-order chi connectivity index (χ0) is 12.8. The SMILES string of the molecule is COc1ccc(C(O)CCC(=O)O)cc1OC. The molecule has 0 saturated heterocycles. The molecule has 0 aliphatic rings. The number of carboxylic acids is 1. The van der Waals surface area contributed by atoms with Gasteiger partial charge < -0.3 is 19.7 Å². The van der Waals surface area contributed by atoms with Crippen LogP contribution in [0.1, 0.15) is 24.5 Å². The maximum Gasteiger partial charge on any atom is 0.303 e. The standard InChI is InChI=1S/C12H16O5/c1-16-10-5-3-8(7-11(10)17-2)9(13)4-6-12(14)15/h3,5,7,9,13H,4,6H2,1-2H3,(H,14,15). The number of ether oxygens (including phenoxy) is 2. The van der Waals surface area contributed by atoms with Crippen molar-refractivity contribution in [3.63, 3.8) is 0 Å². The molecule has 1 aromatic carbocycles. The molecule has 17 heavy (non-hydrogen) atoms. The minimum Gasteiger partial charge on any atom is -0.493 e. The quantitative estimate of drug-likeness (QED) is 0.789. The lowest BCUT2D eigenvalue weighted by atomic mass is 10.0. The number of hydrogen-bond acceptors (Lipinski definition) is 4. The average molecular weight is 240 g/mol. The Morgan fingerprint density at radius 1 is 1.29 bits per heavy atom. The lowest BCUT2D eigenvalue weighted by molar-refractivity contribution is -0.137. The maximum absolute atomic E-state index is 10.4. The van der Waals surface area contributed by atoms with Crippen LogP contribution < -0.4 is 9.47 Å². The minimum atomic E-state index is -0.926. The molecule has 1 atom stereocenters. The van der Waals surface area contributed by atoms with Crippen molar-refractivity contribution < 1.29 is 24.5 Å². The summed E-state index contributed by atoms with van der Waals surface area (Å²) in [5.74, 6) is 0.158. The summed E-state index contributed by atoms with van der Waals surface area (Å²) in [5, 5.41) is 18.3. The Morgan fingerprint density at radius 2 is 1.94 bits per heavy atom. The minimum absolute atomic E-state index is 0.0739. The molecule has 5 nitrogen and oxygen atoms in total. The van der Waals surface area contributed by atoms with Gasteiger partial charge in [0.05, 0.1) is 20.3 Å². The van der Waals surface area contributed by atoms with Crippen LogP contribution in [0.25, 0.3) is 0 Å². The van der Waals surface area contributed by atoms with Gasteiger partial charge in [-0.25, -0.2) is 0 Å². The maximum atomic E-state index is 10.4. The highest BCUT2D eigenvalue weighted by molar-refractivity contribution is 5.66. The molecule has 0 heterocycles. The highest BCUT2D eigenvalue weighted by Crippen LogP contribution is 2.31. The Hall–Kier alpha value is -1.75. The molecule has 2 N–H and O–H groups in total. The van der Waals surface area contributed by atoms with Crippen LogP contribution >= 0.6 is 0 Å². The fourth-order valence-electron chi connectivity index (χ4n) is 1.49. The van der Waals surface area contributed by atoms with E-state index in [-0.39, 0.29) is 12.8 Å². The van der Waals surface area contributed by atoms with Crippen LogP contribution in [0, 0.1) is 0 Å².